The number of ether oxygens (including phenoxy) is 1. The van der Waals surface area contributed by atoms with Gasteiger partial charge in [-0.2, -0.15) is 0 Å². The van der Waals surface area contributed by atoms with E-state index in [0.29, 0.717) is 6.54 Å². The van der Waals surface area contributed by atoms with Crippen molar-refractivity contribution < 1.29 is 14.3 Å². The first kappa shape index (κ1) is 20.3. The summed E-state index contributed by atoms with van der Waals surface area (Å²) >= 11 is 0. The topological polar surface area (TPSA) is 70.7 Å². The van der Waals surface area contributed by atoms with Crippen LogP contribution in [0.3, 0.4) is 0 Å². The first-order valence-electron chi connectivity index (χ1n) is 8.95. The van der Waals surface area contributed by atoms with Gasteiger partial charge in [0.05, 0.1) is 12.6 Å². The average molecular weight is 369 g/mol. The molecule has 6 heteroatoms. The van der Waals surface area contributed by atoms with E-state index in [1.165, 1.54) is 6.92 Å². The van der Waals surface area contributed by atoms with Crippen LogP contribution in [0, 0.1) is 0 Å². The minimum Gasteiger partial charge on any atom is -0.491 e. The van der Waals surface area contributed by atoms with Gasteiger partial charge in [-0.25, -0.2) is 0 Å². The molecule has 0 aliphatic heterocycles. The van der Waals surface area contributed by atoms with Crippen LogP contribution in [-0.4, -0.2) is 31.5 Å². The lowest BCUT2D eigenvalue weighted by Crippen LogP contribution is -2.29. The van der Waals surface area contributed by atoms with Crippen molar-refractivity contribution in [1.29, 1.82) is 0 Å². The van der Waals surface area contributed by atoms with Crippen molar-refractivity contribution in [2.45, 2.75) is 33.4 Å². The first-order chi connectivity index (χ1) is 12.8. The summed E-state index contributed by atoms with van der Waals surface area (Å²) in [6, 6.07) is 15.0. The predicted octanol–water partition coefficient (Wildman–Crippen LogP) is 3.18. The Morgan fingerprint density at radius 1 is 1.04 bits per heavy atom. The fourth-order valence-corrected chi connectivity index (χ4v) is 2.39. The fraction of sp³-hybridized carbons (Fsp3) is 0.333. The summed E-state index contributed by atoms with van der Waals surface area (Å²) in [5.74, 6) is 0.696. The van der Waals surface area contributed by atoms with E-state index in [9.17, 15) is 9.59 Å². The summed E-state index contributed by atoms with van der Waals surface area (Å²) in [6.07, 6.45) is 0.138. The molecule has 0 spiro atoms. The standard InChI is InChI=1S/C21H27N3O3/c1-15(2)27-20-11-5-17(6-12-20)13-23-21(26)14-22-18-7-9-19(10-8-18)24(4)16(3)25/h5-12,15,22H,13-14H2,1-4H3,(H,23,26). The second-order valence-corrected chi connectivity index (χ2v) is 6.57. The third-order valence-electron chi connectivity index (χ3n) is 3.96. The lowest BCUT2D eigenvalue weighted by atomic mass is 10.2. The molecule has 0 fully saturated rings. The van der Waals surface area contributed by atoms with Crippen LogP contribution in [0.4, 0.5) is 11.4 Å². The second-order valence-electron chi connectivity index (χ2n) is 6.57. The van der Waals surface area contributed by atoms with Crippen molar-refractivity contribution in [3.8, 4) is 5.75 Å². The molecule has 144 valence electrons. The van der Waals surface area contributed by atoms with E-state index in [1.54, 1.807) is 11.9 Å². The van der Waals surface area contributed by atoms with Crippen LogP contribution >= 0.6 is 0 Å². The van der Waals surface area contributed by atoms with Crippen LogP contribution in [0.5, 0.6) is 5.75 Å². The molecule has 0 aliphatic rings. The smallest absolute Gasteiger partial charge is 0.239 e. The van der Waals surface area contributed by atoms with Crippen molar-refractivity contribution in [1.82, 2.24) is 5.32 Å². The largest absolute Gasteiger partial charge is 0.491 e. The van der Waals surface area contributed by atoms with Gasteiger partial charge in [-0.05, 0) is 55.8 Å². The second kappa shape index (κ2) is 9.62. The Balaban J connectivity index is 1.76. The van der Waals surface area contributed by atoms with Gasteiger partial charge in [0.1, 0.15) is 5.75 Å². The third kappa shape index (κ3) is 6.66. The van der Waals surface area contributed by atoms with Gasteiger partial charge in [0, 0.05) is 31.9 Å². The molecule has 2 rings (SSSR count). The SMILES string of the molecule is CC(=O)N(C)c1ccc(NCC(=O)NCc2ccc(OC(C)C)cc2)cc1. The maximum Gasteiger partial charge on any atom is 0.239 e. The molecular weight excluding hydrogens is 342 g/mol. The zero-order valence-corrected chi connectivity index (χ0v) is 16.3. The molecular formula is C21H27N3O3. The highest BCUT2D eigenvalue weighted by Crippen LogP contribution is 2.17. The number of hydrogen-bond acceptors (Lipinski definition) is 4. The molecule has 0 aromatic heterocycles. The van der Waals surface area contributed by atoms with Crippen LogP contribution in [0.15, 0.2) is 48.5 Å². The third-order valence-corrected chi connectivity index (χ3v) is 3.96. The van der Waals surface area contributed by atoms with E-state index in [4.69, 9.17) is 4.74 Å². The molecule has 27 heavy (non-hydrogen) atoms. The number of hydrogen-bond donors (Lipinski definition) is 2. The fourth-order valence-electron chi connectivity index (χ4n) is 2.39. The molecule has 2 aromatic carbocycles. The monoisotopic (exact) mass is 369 g/mol. The normalized spacial score (nSPS) is 10.4. The number of anilines is 2. The zero-order valence-electron chi connectivity index (χ0n) is 16.3. The van der Waals surface area contributed by atoms with Crippen LogP contribution in [-0.2, 0) is 16.1 Å². The Kier molecular flexibility index (Phi) is 7.23. The predicted molar refractivity (Wildman–Crippen MR) is 108 cm³/mol. The summed E-state index contributed by atoms with van der Waals surface area (Å²) in [5.41, 5.74) is 2.64. The van der Waals surface area contributed by atoms with Crippen molar-refractivity contribution in [3.05, 3.63) is 54.1 Å². The Labute approximate surface area is 160 Å². The molecule has 0 saturated heterocycles. The van der Waals surface area contributed by atoms with Gasteiger partial charge in [-0.3, -0.25) is 9.59 Å². The highest BCUT2D eigenvalue weighted by Gasteiger charge is 2.06. The number of nitrogens with one attached hydrogen (secondary N) is 2. The highest BCUT2D eigenvalue weighted by atomic mass is 16.5. The van der Waals surface area contributed by atoms with E-state index in [2.05, 4.69) is 10.6 Å². The molecule has 2 N–H and O–H groups in total. The van der Waals surface area contributed by atoms with Crippen molar-refractivity contribution >= 4 is 23.2 Å². The Morgan fingerprint density at radius 3 is 2.22 bits per heavy atom. The van der Waals surface area contributed by atoms with Gasteiger partial charge in [0.2, 0.25) is 11.8 Å². The molecule has 0 atom stereocenters. The maximum absolute atomic E-state index is 12.0. The summed E-state index contributed by atoms with van der Waals surface area (Å²) in [4.78, 5) is 24.9. The summed E-state index contributed by atoms with van der Waals surface area (Å²) < 4.78 is 5.60. The molecule has 6 nitrogen and oxygen atoms in total. The van der Waals surface area contributed by atoms with Gasteiger partial charge in [0.25, 0.3) is 0 Å². The van der Waals surface area contributed by atoms with Crippen LogP contribution < -0.4 is 20.3 Å². The molecule has 0 heterocycles. The van der Waals surface area contributed by atoms with Gasteiger partial charge in [-0.1, -0.05) is 12.1 Å². The molecule has 0 saturated carbocycles. The Bertz CT molecular complexity index is 755. The van der Waals surface area contributed by atoms with Gasteiger partial charge < -0.3 is 20.3 Å². The summed E-state index contributed by atoms with van der Waals surface area (Å²) in [5, 5.41) is 5.95. The van der Waals surface area contributed by atoms with Crippen LogP contribution in [0.1, 0.15) is 26.3 Å². The number of nitrogens with zero attached hydrogens (tertiary/aromatic N) is 1. The van der Waals surface area contributed by atoms with E-state index in [1.807, 2.05) is 62.4 Å². The number of carbonyl (C=O) groups is 2. The lowest BCUT2D eigenvalue weighted by molar-refractivity contribution is -0.119. The van der Waals surface area contributed by atoms with E-state index in [-0.39, 0.29) is 24.5 Å². The van der Waals surface area contributed by atoms with E-state index < -0.39 is 0 Å². The summed E-state index contributed by atoms with van der Waals surface area (Å²) in [6.45, 7) is 6.12. The summed E-state index contributed by atoms with van der Waals surface area (Å²) in [7, 11) is 1.72. The van der Waals surface area contributed by atoms with Crippen LogP contribution in [0.2, 0.25) is 0 Å². The lowest BCUT2D eigenvalue weighted by Gasteiger charge is -2.15. The highest BCUT2D eigenvalue weighted by molar-refractivity contribution is 5.91. The number of carbonyl (C=O) groups excluding carboxylic acids is 2. The van der Waals surface area contributed by atoms with Crippen molar-refractivity contribution in [3.63, 3.8) is 0 Å². The van der Waals surface area contributed by atoms with Gasteiger partial charge in [0.15, 0.2) is 0 Å². The van der Waals surface area contributed by atoms with E-state index >= 15 is 0 Å². The quantitative estimate of drug-likeness (QED) is 0.750. The van der Waals surface area contributed by atoms with Gasteiger partial charge in [-0.15, -0.1) is 0 Å². The molecule has 0 radical (unpaired) electrons. The zero-order chi connectivity index (χ0) is 19.8. The minimum absolute atomic E-state index is 0.0288. The number of benzene rings is 2. The average Bonchev–Trinajstić information content (AvgIpc) is 2.65. The van der Waals surface area contributed by atoms with E-state index in [0.717, 1.165) is 22.7 Å². The van der Waals surface area contributed by atoms with Crippen molar-refractivity contribution in [2.24, 2.45) is 0 Å². The molecule has 2 amide bonds. The molecule has 0 aliphatic carbocycles. The number of amides is 2. The van der Waals surface area contributed by atoms with Crippen molar-refractivity contribution in [2.75, 3.05) is 23.8 Å². The molecule has 2 aromatic rings. The maximum atomic E-state index is 12.0. The van der Waals surface area contributed by atoms with Crippen LogP contribution in [0.25, 0.3) is 0 Å². The van der Waals surface area contributed by atoms with Gasteiger partial charge >= 0.3 is 0 Å². The Morgan fingerprint density at radius 2 is 1.67 bits per heavy atom. The minimum atomic E-state index is -0.0950. The Hall–Kier alpha value is -3.02. The molecule has 0 bridgehead atoms. The number of rotatable bonds is 8. The first-order valence-corrected chi connectivity index (χ1v) is 8.95. The molecule has 0 unspecified atom stereocenters.